The van der Waals surface area contributed by atoms with Crippen molar-refractivity contribution in [1.82, 2.24) is 5.32 Å². The molecule has 1 aromatic rings. The SMILES string of the molecule is C[C@H]1CCCC[C@@H]1NC(=O)COC(=O)c1cc(Cl)cc(Cl)c1. The van der Waals surface area contributed by atoms with Gasteiger partial charge in [-0.1, -0.05) is 43.0 Å². The first-order valence-corrected chi connectivity index (χ1v) is 8.14. The fourth-order valence-corrected chi connectivity index (χ4v) is 3.19. The Morgan fingerprint density at radius 2 is 1.82 bits per heavy atom. The second-order valence-corrected chi connectivity index (χ2v) is 6.54. The molecule has 1 amide bonds. The molecule has 4 nitrogen and oxygen atoms in total. The van der Waals surface area contributed by atoms with E-state index in [4.69, 9.17) is 27.9 Å². The largest absolute Gasteiger partial charge is 0.452 e. The topological polar surface area (TPSA) is 55.4 Å². The Morgan fingerprint density at radius 1 is 1.18 bits per heavy atom. The molecule has 0 unspecified atom stereocenters. The van der Waals surface area contributed by atoms with Crippen LogP contribution in [0, 0.1) is 5.92 Å². The number of hydrogen-bond acceptors (Lipinski definition) is 3. The van der Waals surface area contributed by atoms with Gasteiger partial charge in [-0.15, -0.1) is 0 Å². The highest BCUT2D eigenvalue weighted by molar-refractivity contribution is 6.35. The van der Waals surface area contributed by atoms with Crippen LogP contribution in [-0.4, -0.2) is 24.5 Å². The van der Waals surface area contributed by atoms with Gasteiger partial charge in [-0.05, 0) is 37.0 Å². The zero-order chi connectivity index (χ0) is 16.1. The van der Waals surface area contributed by atoms with E-state index in [1.807, 2.05) is 0 Å². The summed E-state index contributed by atoms with van der Waals surface area (Å²) in [6, 6.07) is 4.60. The molecule has 0 aliphatic heterocycles. The molecule has 22 heavy (non-hydrogen) atoms. The van der Waals surface area contributed by atoms with Gasteiger partial charge in [0.25, 0.3) is 5.91 Å². The highest BCUT2D eigenvalue weighted by atomic mass is 35.5. The van der Waals surface area contributed by atoms with Crippen molar-refractivity contribution in [2.75, 3.05) is 6.61 Å². The van der Waals surface area contributed by atoms with Crippen molar-refractivity contribution < 1.29 is 14.3 Å². The maximum absolute atomic E-state index is 11.9. The number of benzene rings is 1. The van der Waals surface area contributed by atoms with E-state index in [9.17, 15) is 9.59 Å². The lowest BCUT2D eigenvalue weighted by Gasteiger charge is -2.29. The van der Waals surface area contributed by atoms with E-state index in [1.165, 1.54) is 24.6 Å². The zero-order valence-corrected chi connectivity index (χ0v) is 13.9. The summed E-state index contributed by atoms with van der Waals surface area (Å²) in [6.07, 6.45) is 4.42. The summed E-state index contributed by atoms with van der Waals surface area (Å²) in [6.45, 7) is 1.83. The lowest BCUT2D eigenvalue weighted by molar-refractivity contribution is -0.125. The number of halogens is 2. The quantitative estimate of drug-likeness (QED) is 0.845. The lowest BCUT2D eigenvalue weighted by Crippen LogP contribution is -2.42. The van der Waals surface area contributed by atoms with Crippen LogP contribution in [0.4, 0.5) is 0 Å². The number of amides is 1. The van der Waals surface area contributed by atoms with Gasteiger partial charge < -0.3 is 10.1 Å². The average Bonchev–Trinajstić information content (AvgIpc) is 2.46. The molecule has 0 aromatic heterocycles. The van der Waals surface area contributed by atoms with E-state index in [1.54, 1.807) is 0 Å². The molecule has 0 heterocycles. The van der Waals surface area contributed by atoms with E-state index in [2.05, 4.69) is 12.2 Å². The molecule has 1 aromatic carbocycles. The molecular weight excluding hydrogens is 325 g/mol. The van der Waals surface area contributed by atoms with E-state index in [0.29, 0.717) is 16.0 Å². The van der Waals surface area contributed by atoms with Crippen LogP contribution >= 0.6 is 23.2 Å². The monoisotopic (exact) mass is 343 g/mol. The molecule has 2 rings (SSSR count). The highest BCUT2D eigenvalue weighted by Crippen LogP contribution is 2.23. The Morgan fingerprint density at radius 3 is 2.45 bits per heavy atom. The number of ether oxygens (including phenoxy) is 1. The molecule has 0 saturated heterocycles. The average molecular weight is 344 g/mol. The Hall–Kier alpha value is -1.26. The lowest BCUT2D eigenvalue weighted by atomic mass is 9.86. The summed E-state index contributed by atoms with van der Waals surface area (Å²) >= 11 is 11.7. The third kappa shape index (κ3) is 4.89. The van der Waals surface area contributed by atoms with Crippen LogP contribution in [0.15, 0.2) is 18.2 Å². The van der Waals surface area contributed by atoms with Crippen molar-refractivity contribution in [3.05, 3.63) is 33.8 Å². The summed E-state index contributed by atoms with van der Waals surface area (Å²) < 4.78 is 5.01. The summed E-state index contributed by atoms with van der Waals surface area (Å²) in [4.78, 5) is 23.8. The number of esters is 1. The number of hydrogen-bond donors (Lipinski definition) is 1. The van der Waals surface area contributed by atoms with E-state index < -0.39 is 5.97 Å². The minimum absolute atomic E-state index is 0.167. The third-order valence-corrected chi connectivity index (χ3v) is 4.33. The number of nitrogens with one attached hydrogen (secondary N) is 1. The van der Waals surface area contributed by atoms with Crippen LogP contribution in [0.5, 0.6) is 0 Å². The van der Waals surface area contributed by atoms with Crippen LogP contribution in [0.25, 0.3) is 0 Å². The molecule has 1 N–H and O–H groups in total. The van der Waals surface area contributed by atoms with Gasteiger partial charge in [0.15, 0.2) is 6.61 Å². The number of rotatable bonds is 4. The standard InChI is InChI=1S/C16H19Cl2NO3/c1-10-4-2-3-5-14(10)19-15(20)9-22-16(21)11-6-12(17)8-13(18)7-11/h6-8,10,14H,2-5,9H2,1H3,(H,19,20)/t10-,14-/m0/s1. The Labute approximate surface area is 140 Å². The third-order valence-electron chi connectivity index (χ3n) is 3.89. The Kier molecular flexibility index (Phi) is 6.09. The molecule has 0 bridgehead atoms. The van der Waals surface area contributed by atoms with Gasteiger partial charge in [0.2, 0.25) is 0 Å². The van der Waals surface area contributed by atoms with Crippen molar-refractivity contribution in [2.45, 2.75) is 38.6 Å². The van der Waals surface area contributed by atoms with Gasteiger partial charge in [0, 0.05) is 16.1 Å². The minimum atomic E-state index is -0.615. The predicted molar refractivity (Wildman–Crippen MR) is 86.3 cm³/mol. The molecule has 1 fully saturated rings. The Bertz CT molecular complexity index is 542. The molecule has 0 spiro atoms. The van der Waals surface area contributed by atoms with Gasteiger partial charge in [-0.3, -0.25) is 4.79 Å². The van der Waals surface area contributed by atoms with Gasteiger partial charge >= 0.3 is 5.97 Å². The molecule has 120 valence electrons. The second kappa shape index (κ2) is 7.84. The maximum Gasteiger partial charge on any atom is 0.338 e. The molecule has 2 atom stereocenters. The predicted octanol–water partition coefficient (Wildman–Crippen LogP) is 3.85. The van der Waals surface area contributed by atoms with Crippen LogP contribution in [0.2, 0.25) is 10.0 Å². The summed E-state index contributed by atoms with van der Waals surface area (Å²) in [7, 11) is 0. The van der Waals surface area contributed by atoms with Crippen LogP contribution in [0.1, 0.15) is 43.0 Å². The molecule has 1 saturated carbocycles. The van der Waals surface area contributed by atoms with Crippen LogP contribution in [0.3, 0.4) is 0 Å². The van der Waals surface area contributed by atoms with E-state index >= 15 is 0 Å². The van der Waals surface area contributed by atoms with Gasteiger partial charge in [0.05, 0.1) is 5.56 Å². The smallest absolute Gasteiger partial charge is 0.338 e. The first kappa shape index (κ1) is 17.1. The molecule has 0 radical (unpaired) electrons. The number of carbonyl (C=O) groups excluding carboxylic acids is 2. The molecule has 6 heteroatoms. The minimum Gasteiger partial charge on any atom is -0.452 e. The van der Waals surface area contributed by atoms with Crippen molar-refractivity contribution in [2.24, 2.45) is 5.92 Å². The van der Waals surface area contributed by atoms with Gasteiger partial charge in [-0.25, -0.2) is 4.79 Å². The first-order chi connectivity index (χ1) is 10.5. The second-order valence-electron chi connectivity index (χ2n) is 5.67. The van der Waals surface area contributed by atoms with Crippen molar-refractivity contribution in [1.29, 1.82) is 0 Å². The first-order valence-electron chi connectivity index (χ1n) is 7.38. The fourth-order valence-electron chi connectivity index (χ4n) is 2.67. The van der Waals surface area contributed by atoms with Gasteiger partial charge in [-0.2, -0.15) is 0 Å². The van der Waals surface area contributed by atoms with Crippen molar-refractivity contribution in [3.63, 3.8) is 0 Å². The Balaban J connectivity index is 1.83. The van der Waals surface area contributed by atoms with Crippen molar-refractivity contribution in [3.8, 4) is 0 Å². The van der Waals surface area contributed by atoms with Crippen molar-refractivity contribution >= 4 is 35.1 Å². The summed E-state index contributed by atoms with van der Waals surface area (Å²) in [5, 5.41) is 3.62. The van der Waals surface area contributed by atoms with Crippen LogP contribution in [-0.2, 0) is 9.53 Å². The fraction of sp³-hybridized carbons (Fsp3) is 0.500. The maximum atomic E-state index is 11.9. The summed E-state index contributed by atoms with van der Waals surface area (Å²) in [5.41, 5.74) is 0.233. The van der Waals surface area contributed by atoms with E-state index in [0.717, 1.165) is 19.3 Å². The van der Waals surface area contributed by atoms with Crippen LogP contribution < -0.4 is 5.32 Å². The zero-order valence-electron chi connectivity index (χ0n) is 12.4. The number of carbonyl (C=O) groups is 2. The summed E-state index contributed by atoms with van der Waals surface area (Å²) in [5.74, 6) is -0.434. The molecule has 1 aliphatic carbocycles. The molecule has 1 aliphatic rings. The normalized spacial score (nSPS) is 21.2. The highest BCUT2D eigenvalue weighted by Gasteiger charge is 2.23. The molecular formula is C16H19Cl2NO3. The van der Waals surface area contributed by atoms with Gasteiger partial charge in [0.1, 0.15) is 0 Å². The van der Waals surface area contributed by atoms with E-state index in [-0.39, 0.29) is 24.1 Å².